The van der Waals surface area contributed by atoms with Crippen molar-refractivity contribution in [3.8, 4) is 0 Å². The van der Waals surface area contributed by atoms with Crippen LogP contribution in [0, 0.1) is 0 Å². The van der Waals surface area contributed by atoms with E-state index in [9.17, 15) is 14.4 Å². The minimum atomic E-state index is -1.12. The Bertz CT molecular complexity index is 728. The first kappa shape index (κ1) is 18.5. The van der Waals surface area contributed by atoms with Crippen LogP contribution in [-0.2, 0) is 41.6 Å². The van der Waals surface area contributed by atoms with Crippen molar-refractivity contribution in [3.05, 3.63) is 35.4 Å². The topological polar surface area (TPSA) is 82.1 Å². The molecule has 0 N–H and O–H groups in total. The smallest absolute Gasteiger partial charge is 0.313 e. The van der Waals surface area contributed by atoms with Crippen LogP contribution in [0.25, 0.3) is 0 Å². The van der Waals surface area contributed by atoms with E-state index >= 15 is 0 Å². The number of ketones is 1. The number of methoxy groups -OCH3 is 1. The van der Waals surface area contributed by atoms with E-state index in [-0.39, 0.29) is 5.91 Å². The van der Waals surface area contributed by atoms with Gasteiger partial charge in [0, 0.05) is 13.1 Å². The second-order valence-electron chi connectivity index (χ2n) is 6.97. The molecule has 0 spiro atoms. The molecule has 0 bridgehead atoms. The van der Waals surface area contributed by atoms with Crippen LogP contribution >= 0.6 is 0 Å². The number of carbonyl (C=O) groups is 3. The number of benzene rings is 1. The molecule has 2 atom stereocenters. The van der Waals surface area contributed by atoms with Gasteiger partial charge in [-0.05, 0) is 31.4 Å². The number of carbonyl (C=O) groups excluding carboxylic acids is 3. The summed E-state index contributed by atoms with van der Waals surface area (Å²) < 4.78 is 15.9. The Hall–Kier alpha value is -2.25. The fraction of sp³-hybridized carbons (Fsp3) is 0.526. The first-order valence-electron chi connectivity index (χ1n) is 8.61. The SMILES string of the molecule is COC(=O)CC(=O)[C@@H]1OC(C)(C)O[C@H]1C(=O)N1CCc2ccccc2C1. The van der Waals surface area contributed by atoms with Gasteiger partial charge in [0.05, 0.1) is 7.11 Å². The van der Waals surface area contributed by atoms with E-state index in [4.69, 9.17) is 9.47 Å². The number of esters is 1. The lowest BCUT2D eigenvalue weighted by atomic mass is 9.98. The molecule has 7 heteroatoms. The third-order valence-electron chi connectivity index (χ3n) is 4.65. The van der Waals surface area contributed by atoms with Crippen molar-refractivity contribution >= 4 is 17.7 Å². The van der Waals surface area contributed by atoms with E-state index in [0.29, 0.717) is 13.1 Å². The van der Waals surface area contributed by atoms with Gasteiger partial charge in [0.2, 0.25) is 0 Å². The summed E-state index contributed by atoms with van der Waals surface area (Å²) in [5, 5.41) is 0. The molecule has 2 aliphatic rings. The van der Waals surface area contributed by atoms with Gasteiger partial charge in [-0.15, -0.1) is 0 Å². The molecule has 0 aliphatic carbocycles. The first-order chi connectivity index (χ1) is 12.3. The van der Waals surface area contributed by atoms with Crippen molar-refractivity contribution in [2.45, 2.75) is 51.2 Å². The highest BCUT2D eigenvalue weighted by Gasteiger charge is 2.50. The van der Waals surface area contributed by atoms with Crippen molar-refractivity contribution in [3.63, 3.8) is 0 Å². The minimum absolute atomic E-state index is 0.298. The first-order valence-corrected chi connectivity index (χ1v) is 8.61. The molecule has 26 heavy (non-hydrogen) atoms. The molecule has 0 saturated carbocycles. The maximum atomic E-state index is 13.0. The second kappa shape index (κ2) is 7.17. The third kappa shape index (κ3) is 3.78. The summed E-state index contributed by atoms with van der Waals surface area (Å²) in [6, 6.07) is 7.96. The van der Waals surface area contributed by atoms with Crippen LogP contribution < -0.4 is 0 Å². The standard InChI is InChI=1S/C19H23NO6/c1-19(2)25-16(14(21)10-15(22)24-3)17(26-19)18(23)20-9-8-12-6-4-5-7-13(12)11-20/h4-7,16-17H,8-11H2,1-3H3/t16-,17+/m0/s1. The minimum Gasteiger partial charge on any atom is -0.469 e. The predicted molar refractivity (Wildman–Crippen MR) is 91.0 cm³/mol. The molecule has 0 unspecified atom stereocenters. The zero-order valence-corrected chi connectivity index (χ0v) is 15.2. The lowest BCUT2D eigenvalue weighted by Gasteiger charge is -2.31. The highest BCUT2D eigenvalue weighted by molar-refractivity contribution is 6.01. The summed E-state index contributed by atoms with van der Waals surface area (Å²) in [4.78, 5) is 38.5. The molecule has 140 valence electrons. The highest BCUT2D eigenvalue weighted by atomic mass is 16.8. The number of amides is 1. The molecule has 7 nitrogen and oxygen atoms in total. The zero-order chi connectivity index (χ0) is 18.9. The molecule has 1 aromatic rings. The summed E-state index contributed by atoms with van der Waals surface area (Å²) in [7, 11) is 1.21. The van der Waals surface area contributed by atoms with Crippen LogP contribution in [0.4, 0.5) is 0 Å². The monoisotopic (exact) mass is 361 g/mol. The van der Waals surface area contributed by atoms with Gasteiger partial charge in [-0.2, -0.15) is 0 Å². The molecule has 1 aromatic carbocycles. The molecule has 0 aromatic heterocycles. The number of nitrogens with zero attached hydrogens (tertiary/aromatic N) is 1. The van der Waals surface area contributed by atoms with Crippen LogP contribution in [0.15, 0.2) is 24.3 Å². The quantitative estimate of drug-likeness (QED) is 0.592. The van der Waals surface area contributed by atoms with Crippen LogP contribution in [0.2, 0.25) is 0 Å². The molecule has 0 radical (unpaired) electrons. The fourth-order valence-electron chi connectivity index (χ4n) is 3.36. The van der Waals surface area contributed by atoms with E-state index in [2.05, 4.69) is 10.8 Å². The summed E-state index contributed by atoms with van der Waals surface area (Å²) >= 11 is 0. The van der Waals surface area contributed by atoms with Crippen LogP contribution in [0.5, 0.6) is 0 Å². The lowest BCUT2D eigenvalue weighted by molar-refractivity contribution is -0.163. The van der Waals surface area contributed by atoms with E-state index in [1.807, 2.05) is 18.2 Å². The van der Waals surface area contributed by atoms with E-state index in [1.165, 1.54) is 12.7 Å². The number of hydrogen-bond donors (Lipinski definition) is 0. The third-order valence-corrected chi connectivity index (χ3v) is 4.65. The van der Waals surface area contributed by atoms with E-state index in [0.717, 1.165) is 12.0 Å². The van der Waals surface area contributed by atoms with Gasteiger partial charge < -0.3 is 19.1 Å². The normalized spacial score (nSPS) is 24.0. The Balaban J connectivity index is 1.76. The molecule has 1 saturated heterocycles. The van der Waals surface area contributed by atoms with Crippen LogP contribution in [0.1, 0.15) is 31.4 Å². The molecular formula is C19H23NO6. The molecule has 1 amide bonds. The van der Waals surface area contributed by atoms with Crippen molar-refractivity contribution in [2.24, 2.45) is 0 Å². The Labute approximate surface area is 152 Å². The van der Waals surface area contributed by atoms with Crippen molar-refractivity contribution in [1.29, 1.82) is 0 Å². The van der Waals surface area contributed by atoms with Gasteiger partial charge in [-0.25, -0.2) is 0 Å². The van der Waals surface area contributed by atoms with Gasteiger partial charge >= 0.3 is 5.97 Å². The molecule has 1 fully saturated rings. The Kier molecular flexibility index (Phi) is 5.11. The fourth-order valence-corrected chi connectivity index (χ4v) is 3.36. The second-order valence-corrected chi connectivity index (χ2v) is 6.97. The Morgan fingerprint density at radius 1 is 1.15 bits per heavy atom. The zero-order valence-electron chi connectivity index (χ0n) is 15.2. The van der Waals surface area contributed by atoms with Crippen molar-refractivity contribution in [1.82, 2.24) is 4.90 Å². The molecular weight excluding hydrogens is 338 g/mol. The van der Waals surface area contributed by atoms with Gasteiger partial charge in [-0.1, -0.05) is 24.3 Å². The summed E-state index contributed by atoms with van der Waals surface area (Å²) in [5.74, 6) is -2.56. The van der Waals surface area contributed by atoms with Crippen molar-refractivity contribution in [2.75, 3.05) is 13.7 Å². The van der Waals surface area contributed by atoms with E-state index < -0.39 is 36.2 Å². The number of fused-ring (bicyclic) bond motifs is 1. The average Bonchev–Trinajstić information content (AvgIpc) is 2.96. The molecule has 3 rings (SSSR count). The lowest BCUT2D eigenvalue weighted by Crippen LogP contribution is -2.48. The highest BCUT2D eigenvalue weighted by Crippen LogP contribution is 2.31. The maximum absolute atomic E-state index is 13.0. The van der Waals surface area contributed by atoms with Crippen molar-refractivity contribution < 1.29 is 28.6 Å². The maximum Gasteiger partial charge on any atom is 0.313 e. The summed E-state index contributed by atoms with van der Waals surface area (Å²) in [6.07, 6.45) is -1.88. The van der Waals surface area contributed by atoms with Gasteiger partial charge in [0.25, 0.3) is 5.91 Å². The average molecular weight is 361 g/mol. The van der Waals surface area contributed by atoms with Gasteiger partial charge in [0.15, 0.2) is 23.8 Å². The summed E-state index contributed by atoms with van der Waals surface area (Å²) in [5.41, 5.74) is 2.31. The summed E-state index contributed by atoms with van der Waals surface area (Å²) in [6.45, 7) is 4.30. The van der Waals surface area contributed by atoms with Crippen LogP contribution in [0.3, 0.4) is 0 Å². The number of ether oxygens (including phenoxy) is 3. The Morgan fingerprint density at radius 3 is 2.50 bits per heavy atom. The number of rotatable bonds is 4. The van der Waals surface area contributed by atoms with Gasteiger partial charge in [0.1, 0.15) is 6.42 Å². The molecule has 2 heterocycles. The predicted octanol–water partition coefficient (Wildman–Crippen LogP) is 1.22. The molecule has 2 aliphatic heterocycles. The largest absolute Gasteiger partial charge is 0.469 e. The van der Waals surface area contributed by atoms with Crippen LogP contribution in [-0.4, -0.2) is 54.2 Å². The van der Waals surface area contributed by atoms with E-state index in [1.54, 1.807) is 18.7 Å². The van der Waals surface area contributed by atoms with Gasteiger partial charge in [-0.3, -0.25) is 14.4 Å². The Morgan fingerprint density at radius 2 is 1.81 bits per heavy atom. The number of hydrogen-bond acceptors (Lipinski definition) is 6. The number of Topliss-reactive ketones (excluding diaryl/α,β-unsaturated/α-hetero) is 1.